The van der Waals surface area contributed by atoms with Crippen LogP contribution in [0.25, 0.3) is 11.1 Å². The van der Waals surface area contributed by atoms with Crippen LogP contribution in [-0.4, -0.2) is 49.2 Å². The first kappa shape index (κ1) is 35.3. The van der Waals surface area contributed by atoms with E-state index >= 15 is 4.39 Å². The highest BCUT2D eigenvalue weighted by atomic mass is 32.2. The molecule has 2 aliphatic carbocycles. The lowest BCUT2D eigenvalue weighted by Crippen LogP contribution is -2.46. The number of Topliss-reactive ketones (excluding diaryl/α,β-unsaturated/α-hetero) is 1. The lowest BCUT2D eigenvalue weighted by molar-refractivity contribution is -0.129. The number of halogens is 1. The number of nitrogens with one attached hydrogen (secondary N) is 2. The van der Waals surface area contributed by atoms with Gasteiger partial charge < -0.3 is 10.1 Å². The molecular formula is C38H51FN2O5S. The Morgan fingerprint density at radius 3 is 2.53 bits per heavy atom. The van der Waals surface area contributed by atoms with E-state index in [9.17, 15) is 18.0 Å². The minimum Gasteiger partial charge on any atom is -0.490 e. The Hall–Kier alpha value is -3.04. The summed E-state index contributed by atoms with van der Waals surface area (Å²) in [6, 6.07) is 13.8. The van der Waals surface area contributed by atoms with Crippen LogP contribution < -0.4 is 14.8 Å². The summed E-state index contributed by atoms with van der Waals surface area (Å²) in [6.07, 6.45) is 11.8. The van der Waals surface area contributed by atoms with Gasteiger partial charge in [0.05, 0.1) is 16.8 Å². The number of sulfonamides is 1. The fourth-order valence-corrected chi connectivity index (χ4v) is 7.88. The second-order valence-corrected chi connectivity index (χ2v) is 16.9. The topological polar surface area (TPSA) is 102 Å². The third-order valence-corrected chi connectivity index (χ3v) is 12.4. The predicted molar refractivity (Wildman–Crippen MR) is 185 cm³/mol. The Morgan fingerprint density at radius 1 is 1.13 bits per heavy atom. The number of rotatable bonds is 13. The molecule has 5 rings (SSSR count). The van der Waals surface area contributed by atoms with Crippen molar-refractivity contribution in [3.63, 3.8) is 0 Å². The van der Waals surface area contributed by atoms with E-state index in [0.29, 0.717) is 24.3 Å². The first-order valence-electron chi connectivity index (χ1n) is 17.3. The number of hydrogen-bond donors (Lipinski definition) is 2. The van der Waals surface area contributed by atoms with Gasteiger partial charge in [-0.05, 0) is 114 Å². The highest BCUT2D eigenvalue weighted by Gasteiger charge is 2.54. The minimum atomic E-state index is -3.78. The molecule has 2 saturated carbocycles. The largest absolute Gasteiger partial charge is 0.490 e. The Morgan fingerprint density at radius 2 is 1.87 bits per heavy atom. The van der Waals surface area contributed by atoms with Crippen molar-refractivity contribution in [2.24, 2.45) is 5.92 Å². The van der Waals surface area contributed by atoms with E-state index in [0.717, 1.165) is 67.4 Å². The molecule has 1 spiro atoms. The lowest BCUT2D eigenvalue weighted by Gasteiger charge is -2.38. The van der Waals surface area contributed by atoms with E-state index in [-0.39, 0.29) is 30.4 Å². The normalized spacial score (nSPS) is 24.1. The van der Waals surface area contributed by atoms with Gasteiger partial charge in [0.1, 0.15) is 5.75 Å². The molecule has 1 heterocycles. The van der Waals surface area contributed by atoms with Gasteiger partial charge in [-0.1, -0.05) is 49.4 Å². The number of hydrogen-bond acceptors (Lipinski definition) is 6. The smallest absolute Gasteiger partial charge is 0.243 e. The Bertz CT molecular complexity index is 1610. The highest BCUT2D eigenvalue weighted by Crippen LogP contribution is 2.45. The lowest BCUT2D eigenvalue weighted by atomic mass is 9.73. The van der Waals surface area contributed by atoms with Crippen LogP contribution in [0.4, 0.5) is 4.39 Å². The standard InChI is InChI=1S/C38H51FN2O5S/c1-6-28-13-8-9-14-31(28)32-23-29(36(4,5)35(43)41-47(44,45)26(2)3)17-19-33(32)46-30-18-16-27(22-30)12-7-10-15-34(42)38(39)24-37(40-25-38)20-11-21-37/h7-9,12-14,17,19,23,26-27,30,40H,6,10-11,15-16,18,20-22,24-25H2,1-5H3,(H,41,43)/b12-7+/t27-,30-,38+/m1/s1. The number of amides is 1. The van der Waals surface area contributed by atoms with Crippen LogP contribution >= 0.6 is 0 Å². The van der Waals surface area contributed by atoms with E-state index in [1.807, 2.05) is 36.4 Å². The van der Waals surface area contributed by atoms with Crippen LogP contribution in [0.15, 0.2) is 54.6 Å². The quantitative estimate of drug-likeness (QED) is 0.221. The average Bonchev–Trinajstić information content (AvgIpc) is 3.64. The molecule has 1 saturated heterocycles. The molecule has 1 amide bonds. The average molecular weight is 667 g/mol. The maximum Gasteiger partial charge on any atom is 0.243 e. The molecule has 7 nitrogen and oxygen atoms in total. The molecule has 47 heavy (non-hydrogen) atoms. The zero-order valence-corrected chi connectivity index (χ0v) is 29.4. The van der Waals surface area contributed by atoms with Gasteiger partial charge >= 0.3 is 0 Å². The molecule has 1 aliphatic heterocycles. The molecule has 0 unspecified atom stereocenters. The first-order chi connectivity index (χ1) is 22.2. The fraction of sp³-hybridized carbons (Fsp3) is 0.579. The van der Waals surface area contributed by atoms with Gasteiger partial charge in [-0.15, -0.1) is 0 Å². The summed E-state index contributed by atoms with van der Waals surface area (Å²) in [5, 5.41) is 2.55. The second-order valence-electron chi connectivity index (χ2n) is 14.7. The first-order valence-corrected chi connectivity index (χ1v) is 18.8. The van der Waals surface area contributed by atoms with Crippen LogP contribution in [0.5, 0.6) is 5.75 Å². The van der Waals surface area contributed by atoms with E-state index in [2.05, 4.69) is 35.2 Å². The van der Waals surface area contributed by atoms with Crippen LogP contribution in [0.3, 0.4) is 0 Å². The van der Waals surface area contributed by atoms with E-state index in [1.165, 1.54) is 13.8 Å². The van der Waals surface area contributed by atoms with Crippen LogP contribution in [0, 0.1) is 5.92 Å². The van der Waals surface area contributed by atoms with Gasteiger partial charge in [0.2, 0.25) is 15.9 Å². The van der Waals surface area contributed by atoms with Crippen molar-refractivity contribution in [1.82, 2.24) is 10.0 Å². The molecule has 0 aromatic heterocycles. The van der Waals surface area contributed by atoms with Gasteiger partial charge in [-0.3, -0.25) is 14.3 Å². The monoisotopic (exact) mass is 666 g/mol. The number of aryl methyl sites for hydroxylation is 1. The van der Waals surface area contributed by atoms with Crippen molar-refractivity contribution in [1.29, 1.82) is 0 Å². The molecule has 2 N–H and O–H groups in total. The van der Waals surface area contributed by atoms with E-state index < -0.39 is 32.3 Å². The number of alkyl halides is 1. The zero-order chi connectivity index (χ0) is 34.0. The molecule has 2 aromatic rings. The summed E-state index contributed by atoms with van der Waals surface area (Å²) in [7, 11) is -3.78. The number of ether oxygens (including phenoxy) is 1. The molecular weight excluding hydrogens is 615 g/mol. The molecule has 0 radical (unpaired) electrons. The Kier molecular flexibility index (Phi) is 10.4. The van der Waals surface area contributed by atoms with Crippen molar-refractivity contribution in [3.05, 3.63) is 65.7 Å². The highest BCUT2D eigenvalue weighted by molar-refractivity contribution is 7.90. The Labute approximate surface area is 280 Å². The molecule has 0 bridgehead atoms. The van der Waals surface area contributed by atoms with Gasteiger partial charge in [-0.25, -0.2) is 12.8 Å². The van der Waals surface area contributed by atoms with Crippen molar-refractivity contribution >= 4 is 21.7 Å². The second kappa shape index (κ2) is 13.8. The maximum atomic E-state index is 15.3. The van der Waals surface area contributed by atoms with Crippen LogP contribution in [-0.2, 0) is 31.4 Å². The number of ketones is 1. The summed E-state index contributed by atoms with van der Waals surface area (Å²) < 4.78 is 49.2. The van der Waals surface area contributed by atoms with E-state index in [4.69, 9.17) is 4.74 Å². The van der Waals surface area contributed by atoms with Crippen LogP contribution in [0.1, 0.15) is 104 Å². The zero-order valence-electron chi connectivity index (χ0n) is 28.5. The third kappa shape index (κ3) is 7.67. The summed E-state index contributed by atoms with van der Waals surface area (Å²) in [5.41, 5.74) is 0.741. The fourth-order valence-electron chi connectivity index (χ4n) is 7.13. The SMILES string of the molecule is CCc1ccccc1-c1cc(C(C)(C)C(=O)NS(=O)(=O)C(C)C)ccc1O[C@@H]1CC[C@@H](/C=C/CCC(=O)[C@@]2(F)CNC3(CCC3)C2)C1. The molecule has 256 valence electrons. The summed E-state index contributed by atoms with van der Waals surface area (Å²) in [5.74, 6) is 0.183. The number of carbonyl (C=O) groups is 2. The van der Waals surface area contributed by atoms with Crippen molar-refractivity contribution < 1.29 is 27.1 Å². The molecule has 2 aromatic carbocycles. The minimum absolute atomic E-state index is 0.00509. The van der Waals surface area contributed by atoms with Gasteiger partial charge in [0.15, 0.2) is 11.5 Å². The van der Waals surface area contributed by atoms with Gasteiger partial charge in [-0.2, -0.15) is 0 Å². The maximum absolute atomic E-state index is 15.3. The summed E-state index contributed by atoms with van der Waals surface area (Å²) >= 11 is 0. The summed E-state index contributed by atoms with van der Waals surface area (Å²) in [6.45, 7) is 8.78. The summed E-state index contributed by atoms with van der Waals surface area (Å²) in [4.78, 5) is 26.0. The molecule has 3 aliphatic rings. The predicted octanol–water partition coefficient (Wildman–Crippen LogP) is 7.13. The van der Waals surface area contributed by atoms with Crippen molar-refractivity contribution in [3.8, 4) is 16.9 Å². The van der Waals surface area contributed by atoms with E-state index in [1.54, 1.807) is 13.8 Å². The third-order valence-electron chi connectivity index (χ3n) is 10.7. The number of allylic oxidation sites excluding steroid dienone is 2. The van der Waals surface area contributed by atoms with Gasteiger partial charge in [0, 0.05) is 30.5 Å². The molecule has 9 heteroatoms. The van der Waals surface area contributed by atoms with Gasteiger partial charge in [0.25, 0.3) is 0 Å². The van der Waals surface area contributed by atoms with Crippen LogP contribution in [0.2, 0.25) is 0 Å². The number of carbonyl (C=O) groups excluding carboxylic acids is 2. The van der Waals surface area contributed by atoms with Crippen molar-refractivity contribution in [2.45, 2.75) is 127 Å². The molecule has 3 atom stereocenters. The Balaban J connectivity index is 1.26. The number of benzene rings is 2. The van der Waals surface area contributed by atoms with Crippen molar-refractivity contribution in [2.75, 3.05) is 6.54 Å². The molecule has 3 fully saturated rings.